The first kappa shape index (κ1) is 25.5. The lowest BCUT2D eigenvalue weighted by atomic mass is 9.68. The zero-order valence-electron chi connectivity index (χ0n) is 21.4. The lowest BCUT2D eigenvalue weighted by Gasteiger charge is -2.42. The fourth-order valence-corrected chi connectivity index (χ4v) is 5.65. The molecule has 6 nitrogen and oxygen atoms in total. The summed E-state index contributed by atoms with van der Waals surface area (Å²) in [7, 11) is -2.57. The van der Waals surface area contributed by atoms with Crippen molar-refractivity contribution >= 4 is 47.5 Å². The van der Waals surface area contributed by atoms with Gasteiger partial charge in [0.1, 0.15) is 0 Å². The molecule has 2 N–H and O–H groups in total. The summed E-state index contributed by atoms with van der Waals surface area (Å²) < 4.78 is 12.3. The lowest BCUT2D eigenvalue weighted by molar-refractivity contribution is 0.0149. The van der Waals surface area contributed by atoms with Crippen molar-refractivity contribution in [3.63, 3.8) is 0 Å². The van der Waals surface area contributed by atoms with Gasteiger partial charge in [-0.25, -0.2) is 0 Å². The molecule has 0 radical (unpaired) electrons. The van der Waals surface area contributed by atoms with E-state index in [1.807, 2.05) is 36.4 Å². The van der Waals surface area contributed by atoms with Gasteiger partial charge in [0.2, 0.25) is 0 Å². The Bertz CT molecular complexity index is 1600. The molecule has 39 heavy (non-hydrogen) atoms. The normalized spacial score (nSPS) is 20.5. The van der Waals surface area contributed by atoms with Crippen LogP contribution >= 0.6 is 0 Å². The molecule has 0 fully saturated rings. The molecule has 192 valence electrons. The van der Waals surface area contributed by atoms with Gasteiger partial charge in [-0.1, -0.05) is 84.9 Å². The number of carbonyl (C=O) groups is 2. The van der Waals surface area contributed by atoms with Crippen molar-refractivity contribution in [2.24, 2.45) is 0 Å². The van der Waals surface area contributed by atoms with Crippen molar-refractivity contribution in [1.29, 1.82) is 0 Å². The average Bonchev–Trinajstić information content (AvgIpc) is 2.95. The SMILES string of the molecule is C[C@]1(OB(O)c2ccccc2)CC2=C(C(=O)c3cc4ccccc4cc3C2=O)[C@@H](OB(O)c2ccccc2)C1. The topological polar surface area (TPSA) is 93.1 Å². The van der Waals surface area contributed by atoms with Gasteiger partial charge in [-0.15, -0.1) is 0 Å². The van der Waals surface area contributed by atoms with Crippen LogP contribution in [0.15, 0.2) is 108 Å². The molecule has 4 aromatic carbocycles. The molecule has 0 spiro atoms. The summed E-state index contributed by atoms with van der Waals surface area (Å²) in [5.41, 5.74) is 1.25. The van der Waals surface area contributed by atoms with Crippen LogP contribution in [0.3, 0.4) is 0 Å². The van der Waals surface area contributed by atoms with Crippen LogP contribution < -0.4 is 10.9 Å². The number of benzene rings is 4. The highest BCUT2D eigenvalue weighted by atomic mass is 16.5. The fraction of sp³-hybridized carbons (Fsp3) is 0.161. The summed E-state index contributed by atoms with van der Waals surface area (Å²) in [4.78, 5) is 27.9. The number of rotatable bonds is 6. The largest absolute Gasteiger partial charge is 0.491 e. The fourth-order valence-electron chi connectivity index (χ4n) is 5.65. The highest BCUT2D eigenvalue weighted by molar-refractivity contribution is 6.60. The summed E-state index contributed by atoms with van der Waals surface area (Å²) in [5, 5.41) is 23.6. The van der Waals surface area contributed by atoms with E-state index in [9.17, 15) is 19.6 Å². The molecule has 0 saturated heterocycles. The van der Waals surface area contributed by atoms with E-state index in [1.165, 1.54) is 0 Å². The van der Waals surface area contributed by atoms with Crippen molar-refractivity contribution in [1.82, 2.24) is 0 Å². The zero-order chi connectivity index (χ0) is 27.1. The molecule has 0 saturated carbocycles. The number of ketones is 2. The lowest BCUT2D eigenvalue weighted by Crippen LogP contribution is -2.51. The van der Waals surface area contributed by atoms with Gasteiger partial charge in [0.15, 0.2) is 11.6 Å². The van der Waals surface area contributed by atoms with Gasteiger partial charge in [-0.2, -0.15) is 0 Å². The maximum atomic E-state index is 14.0. The monoisotopic (exact) mass is 516 g/mol. The first-order valence-electron chi connectivity index (χ1n) is 13.0. The van der Waals surface area contributed by atoms with Crippen molar-refractivity contribution < 1.29 is 28.9 Å². The van der Waals surface area contributed by atoms with Gasteiger partial charge in [-0.05, 0) is 40.8 Å². The Labute approximate surface area is 227 Å². The smallest absolute Gasteiger partial charge is 0.423 e. The van der Waals surface area contributed by atoms with Crippen LogP contribution in [-0.4, -0.2) is 47.6 Å². The quantitative estimate of drug-likeness (QED) is 0.383. The molecule has 0 aliphatic heterocycles. The number of fused-ring (bicyclic) bond motifs is 2. The van der Waals surface area contributed by atoms with Gasteiger partial charge < -0.3 is 19.4 Å². The molecule has 0 amide bonds. The number of carbonyl (C=O) groups excluding carboxylic acids is 2. The van der Waals surface area contributed by atoms with Gasteiger partial charge in [0, 0.05) is 35.1 Å². The minimum Gasteiger partial charge on any atom is -0.423 e. The Hall–Kier alpha value is -3.81. The molecule has 8 heteroatoms. The second-order valence-electron chi connectivity index (χ2n) is 10.4. The molecular weight excluding hydrogens is 490 g/mol. The van der Waals surface area contributed by atoms with Crippen LogP contribution in [0.25, 0.3) is 10.8 Å². The van der Waals surface area contributed by atoms with E-state index in [0.29, 0.717) is 27.6 Å². The molecule has 0 heterocycles. The molecule has 6 rings (SSSR count). The van der Waals surface area contributed by atoms with E-state index in [2.05, 4.69) is 0 Å². The molecule has 0 bridgehead atoms. The van der Waals surface area contributed by atoms with Crippen LogP contribution in [0.1, 0.15) is 40.5 Å². The molecular formula is C31H26B2O6. The maximum absolute atomic E-state index is 14.0. The van der Waals surface area contributed by atoms with Crippen LogP contribution in [-0.2, 0) is 9.31 Å². The van der Waals surface area contributed by atoms with Crippen LogP contribution in [0, 0.1) is 0 Å². The summed E-state index contributed by atoms with van der Waals surface area (Å²) >= 11 is 0. The number of Topliss-reactive ketones (excluding diaryl/α,β-unsaturated/α-hetero) is 2. The van der Waals surface area contributed by atoms with Gasteiger partial charge in [0.25, 0.3) is 0 Å². The zero-order valence-corrected chi connectivity index (χ0v) is 21.4. The first-order chi connectivity index (χ1) is 18.8. The van der Waals surface area contributed by atoms with Gasteiger partial charge in [-0.3, -0.25) is 9.59 Å². The van der Waals surface area contributed by atoms with Crippen LogP contribution in [0.5, 0.6) is 0 Å². The molecule has 2 aliphatic rings. The van der Waals surface area contributed by atoms with Gasteiger partial charge >= 0.3 is 14.2 Å². The highest BCUT2D eigenvalue weighted by Gasteiger charge is 2.48. The van der Waals surface area contributed by atoms with Gasteiger partial charge in [0.05, 0.1) is 11.7 Å². The Morgan fingerprint density at radius 2 is 1.26 bits per heavy atom. The average molecular weight is 516 g/mol. The molecule has 2 aliphatic carbocycles. The Balaban J connectivity index is 1.41. The summed E-state index contributed by atoms with van der Waals surface area (Å²) in [6.07, 6.45) is -0.667. The standard InChI is InChI=1S/C31H26B2O6/c1-31(39-33(37)23-14-6-3-7-15-23)18-26-28(27(19-31)38-32(36)22-12-4-2-5-13-22)30(35)25-17-21-11-9-8-10-20(21)16-24(25)29(26)34/h2-17,27,36-37H,18-19H2,1H3/t27-,31-/m0/s1. The van der Waals surface area contributed by atoms with E-state index >= 15 is 0 Å². The molecule has 4 aromatic rings. The maximum Gasteiger partial charge on any atom is 0.491 e. The number of hydrogen-bond donors (Lipinski definition) is 2. The van der Waals surface area contributed by atoms with E-state index in [0.717, 1.165) is 10.8 Å². The second kappa shape index (κ2) is 10.1. The Morgan fingerprint density at radius 1 is 0.744 bits per heavy atom. The second-order valence-corrected chi connectivity index (χ2v) is 10.4. The van der Waals surface area contributed by atoms with Crippen molar-refractivity contribution in [2.45, 2.75) is 31.5 Å². The first-order valence-corrected chi connectivity index (χ1v) is 13.0. The van der Waals surface area contributed by atoms with Crippen molar-refractivity contribution in [3.05, 3.63) is 119 Å². The van der Waals surface area contributed by atoms with Crippen LogP contribution in [0.2, 0.25) is 0 Å². The highest BCUT2D eigenvalue weighted by Crippen LogP contribution is 2.43. The third-order valence-corrected chi connectivity index (χ3v) is 7.57. The van der Waals surface area contributed by atoms with Crippen molar-refractivity contribution in [2.75, 3.05) is 0 Å². The predicted octanol–water partition coefficient (Wildman–Crippen LogP) is 3.25. The third-order valence-electron chi connectivity index (χ3n) is 7.57. The molecule has 2 atom stereocenters. The van der Waals surface area contributed by atoms with E-state index in [-0.39, 0.29) is 30.0 Å². The molecule has 0 aromatic heterocycles. The number of hydrogen-bond acceptors (Lipinski definition) is 6. The minimum atomic E-state index is -1.33. The van der Waals surface area contributed by atoms with E-state index < -0.39 is 25.9 Å². The summed E-state index contributed by atoms with van der Waals surface area (Å²) in [6.45, 7) is 1.79. The molecule has 0 unspecified atom stereocenters. The Kier molecular flexibility index (Phi) is 6.57. The predicted molar refractivity (Wildman–Crippen MR) is 151 cm³/mol. The summed E-state index contributed by atoms with van der Waals surface area (Å²) in [6, 6.07) is 28.9. The third kappa shape index (κ3) is 4.77. The van der Waals surface area contributed by atoms with E-state index in [4.69, 9.17) is 9.31 Å². The van der Waals surface area contributed by atoms with Crippen LogP contribution in [0.4, 0.5) is 0 Å². The van der Waals surface area contributed by atoms with Crippen molar-refractivity contribution in [3.8, 4) is 0 Å². The van der Waals surface area contributed by atoms with E-state index in [1.54, 1.807) is 67.6 Å². The Morgan fingerprint density at radius 3 is 1.85 bits per heavy atom. The minimum absolute atomic E-state index is 0.115. The summed E-state index contributed by atoms with van der Waals surface area (Å²) in [5.74, 6) is -0.557.